The van der Waals surface area contributed by atoms with Crippen molar-refractivity contribution in [3.8, 4) is 0 Å². The lowest BCUT2D eigenvalue weighted by Crippen LogP contribution is -2.51. The first-order chi connectivity index (χ1) is 9.92. The Hall–Kier alpha value is -2.05. The minimum atomic E-state index is -0.946. The van der Waals surface area contributed by atoms with Crippen molar-refractivity contribution < 1.29 is 14.7 Å². The molecule has 116 valence electrons. The smallest absolute Gasteiger partial charge is 0.326 e. The monoisotopic (exact) mass is 294 g/mol. The molecule has 0 saturated carbocycles. The molecule has 0 spiro atoms. The van der Waals surface area contributed by atoms with Crippen LogP contribution >= 0.6 is 0 Å². The summed E-state index contributed by atoms with van der Waals surface area (Å²) in [6, 6.07) is -1.12. The molecule has 0 aliphatic carbocycles. The summed E-state index contributed by atoms with van der Waals surface area (Å²) in [4.78, 5) is 25.1. The molecule has 1 aromatic heterocycles. The molecule has 2 rings (SSSR count). The van der Waals surface area contributed by atoms with E-state index in [2.05, 4.69) is 10.4 Å². The van der Waals surface area contributed by atoms with E-state index in [9.17, 15) is 14.7 Å². The highest BCUT2D eigenvalue weighted by molar-refractivity contribution is 5.92. The Morgan fingerprint density at radius 3 is 2.86 bits per heavy atom. The summed E-state index contributed by atoms with van der Waals surface area (Å²) in [6.07, 6.45) is 3.76. The van der Waals surface area contributed by atoms with Gasteiger partial charge in [-0.3, -0.25) is 4.68 Å². The summed E-state index contributed by atoms with van der Waals surface area (Å²) in [6.45, 7) is 4.44. The number of carbonyl (C=O) groups excluding carboxylic acids is 1. The molecule has 1 saturated heterocycles. The Kier molecular flexibility index (Phi) is 4.50. The van der Waals surface area contributed by atoms with E-state index >= 15 is 0 Å². The number of carboxylic acids is 1. The van der Waals surface area contributed by atoms with Crippen LogP contribution in [0.3, 0.4) is 0 Å². The number of piperidine rings is 1. The van der Waals surface area contributed by atoms with Crippen LogP contribution in [0.5, 0.6) is 0 Å². The Morgan fingerprint density at radius 2 is 2.24 bits per heavy atom. The predicted octanol–water partition coefficient (Wildman–Crippen LogP) is 1.70. The molecule has 2 heterocycles. The van der Waals surface area contributed by atoms with Crippen LogP contribution in [0.25, 0.3) is 0 Å². The summed E-state index contributed by atoms with van der Waals surface area (Å²) in [5.41, 5.74) is 1.44. The van der Waals surface area contributed by atoms with Gasteiger partial charge in [0.05, 0.1) is 11.4 Å². The molecule has 2 N–H and O–H groups in total. The van der Waals surface area contributed by atoms with E-state index < -0.39 is 12.0 Å². The fourth-order valence-electron chi connectivity index (χ4n) is 2.71. The number of aliphatic carboxylic acids is 1. The van der Waals surface area contributed by atoms with E-state index in [4.69, 9.17) is 0 Å². The number of hydrogen-bond donors (Lipinski definition) is 2. The molecule has 1 fully saturated rings. The number of hydrogen-bond acceptors (Lipinski definition) is 3. The summed E-state index contributed by atoms with van der Waals surface area (Å²) in [5.74, 6) is -0.627. The molecular weight excluding hydrogens is 272 g/mol. The molecule has 1 aliphatic rings. The molecule has 7 nitrogen and oxygen atoms in total. The molecule has 2 unspecified atom stereocenters. The lowest BCUT2D eigenvalue weighted by atomic mass is 9.93. The van der Waals surface area contributed by atoms with Crippen molar-refractivity contribution in [2.24, 2.45) is 13.0 Å². The van der Waals surface area contributed by atoms with Crippen LogP contribution in [-0.4, -0.2) is 44.4 Å². The Labute approximate surface area is 123 Å². The fraction of sp³-hybridized carbons (Fsp3) is 0.643. The molecule has 0 bridgehead atoms. The van der Waals surface area contributed by atoms with Crippen LogP contribution < -0.4 is 5.32 Å². The lowest BCUT2D eigenvalue weighted by molar-refractivity contribution is -0.143. The number of anilines is 1. The second-order valence-electron chi connectivity index (χ2n) is 5.62. The number of nitrogens with one attached hydrogen (secondary N) is 1. The highest BCUT2D eigenvalue weighted by Crippen LogP contribution is 2.24. The Balaban J connectivity index is 2.12. The average molecular weight is 294 g/mol. The molecule has 2 amide bonds. The van der Waals surface area contributed by atoms with Gasteiger partial charge in [-0.25, -0.2) is 9.59 Å². The maximum Gasteiger partial charge on any atom is 0.326 e. The number of aromatic nitrogens is 2. The molecule has 0 radical (unpaired) electrons. The van der Waals surface area contributed by atoms with Gasteiger partial charge in [-0.2, -0.15) is 5.10 Å². The Morgan fingerprint density at radius 1 is 1.52 bits per heavy atom. The summed E-state index contributed by atoms with van der Waals surface area (Å²) in [5, 5.41) is 16.4. The van der Waals surface area contributed by atoms with Gasteiger partial charge < -0.3 is 15.3 Å². The number of carboxylic acid groups (broad SMARTS) is 1. The standard InChI is InChI=1S/C14H22N4O3/c1-4-10-11(8-17(3)16-10)15-14(21)18-6-5-9(2)7-12(18)13(19)20/h8-9,12H,4-7H2,1-3H3,(H,15,21)(H,19,20). The zero-order chi connectivity index (χ0) is 15.6. The van der Waals surface area contributed by atoms with E-state index in [1.165, 1.54) is 4.90 Å². The van der Waals surface area contributed by atoms with Gasteiger partial charge in [0.15, 0.2) is 0 Å². The fourth-order valence-corrected chi connectivity index (χ4v) is 2.71. The van der Waals surface area contributed by atoms with Gasteiger partial charge in [-0.05, 0) is 25.2 Å². The molecule has 0 aromatic carbocycles. The highest BCUT2D eigenvalue weighted by atomic mass is 16.4. The number of amides is 2. The molecule has 1 aliphatic heterocycles. The average Bonchev–Trinajstić information content (AvgIpc) is 2.78. The molecular formula is C14H22N4O3. The minimum Gasteiger partial charge on any atom is -0.480 e. The summed E-state index contributed by atoms with van der Waals surface area (Å²) < 4.78 is 1.64. The molecule has 1 aromatic rings. The summed E-state index contributed by atoms with van der Waals surface area (Å²) in [7, 11) is 1.79. The van der Waals surface area contributed by atoms with Gasteiger partial charge >= 0.3 is 12.0 Å². The van der Waals surface area contributed by atoms with E-state index in [-0.39, 0.29) is 6.03 Å². The molecule has 21 heavy (non-hydrogen) atoms. The number of nitrogens with zero attached hydrogens (tertiary/aromatic N) is 3. The lowest BCUT2D eigenvalue weighted by Gasteiger charge is -2.35. The molecule has 2 atom stereocenters. The van der Waals surface area contributed by atoms with E-state index in [1.807, 2.05) is 13.8 Å². The maximum absolute atomic E-state index is 12.4. The van der Waals surface area contributed by atoms with Crippen LogP contribution in [0.15, 0.2) is 6.20 Å². The first-order valence-corrected chi connectivity index (χ1v) is 7.25. The van der Waals surface area contributed by atoms with Gasteiger partial charge in [0.25, 0.3) is 0 Å². The zero-order valence-corrected chi connectivity index (χ0v) is 12.7. The number of carbonyl (C=O) groups is 2. The minimum absolute atomic E-state index is 0.319. The van der Waals surface area contributed by atoms with Crippen LogP contribution in [0, 0.1) is 5.92 Å². The van der Waals surface area contributed by atoms with Gasteiger partial charge in [-0.15, -0.1) is 0 Å². The number of likely N-dealkylation sites (tertiary alicyclic amines) is 1. The topological polar surface area (TPSA) is 87.5 Å². The van der Waals surface area contributed by atoms with Gasteiger partial charge in [0.2, 0.25) is 0 Å². The third-order valence-electron chi connectivity index (χ3n) is 3.89. The second kappa shape index (κ2) is 6.15. The van der Waals surface area contributed by atoms with Crippen molar-refractivity contribution in [3.63, 3.8) is 0 Å². The normalized spacial score (nSPS) is 22.1. The third-order valence-corrected chi connectivity index (χ3v) is 3.89. The van der Waals surface area contributed by atoms with Crippen LogP contribution in [0.1, 0.15) is 32.4 Å². The number of urea groups is 1. The number of aryl methyl sites for hydroxylation is 2. The Bertz CT molecular complexity index is 540. The van der Waals surface area contributed by atoms with E-state index in [1.54, 1.807) is 17.9 Å². The largest absolute Gasteiger partial charge is 0.480 e. The van der Waals surface area contributed by atoms with Gasteiger partial charge in [0, 0.05) is 19.8 Å². The molecule has 7 heteroatoms. The SMILES string of the molecule is CCc1nn(C)cc1NC(=O)N1CCC(C)CC1C(=O)O. The van der Waals surface area contributed by atoms with Crippen LogP contribution in [-0.2, 0) is 18.3 Å². The summed E-state index contributed by atoms with van der Waals surface area (Å²) >= 11 is 0. The van der Waals surface area contributed by atoms with Crippen molar-refractivity contribution in [2.45, 2.75) is 39.2 Å². The maximum atomic E-state index is 12.4. The second-order valence-corrected chi connectivity index (χ2v) is 5.62. The highest BCUT2D eigenvalue weighted by Gasteiger charge is 2.35. The van der Waals surface area contributed by atoms with Crippen molar-refractivity contribution >= 4 is 17.7 Å². The van der Waals surface area contributed by atoms with Crippen LogP contribution in [0.2, 0.25) is 0 Å². The van der Waals surface area contributed by atoms with Gasteiger partial charge in [-0.1, -0.05) is 13.8 Å². The van der Waals surface area contributed by atoms with Crippen molar-refractivity contribution in [1.29, 1.82) is 0 Å². The van der Waals surface area contributed by atoms with E-state index in [0.717, 1.165) is 12.1 Å². The first-order valence-electron chi connectivity index (χ1n) is 7.25. The van der Waals surface area contributed by atoms with Gasteiger partial charge in [0.1, 0.15) is 6.04 Å². The zero-order valence-electron chi connectivity index (χ0n) is 12.7. The van der Waals surface area contributed by atoms with Crippen molar-refractivity contribution in [3.05, 3.63) is 11.9 Å². The first kappa shape index (κ1) is 15.3. The third kappa shape index (κ3) is 3.34. The van der Waals surface area contributed by atoms with E-state index in [0.29, 0.717) is 31.0 Å². The van der Waals surface area contributed by atoms with Crippen molar-refractivity contribution in [2.75, 3.05) is 11.9 Å². The quantitative estimate of drug-likeness (QED) is 0.888. The number of rotatable bonds is 3. The van der Waals surface area contributed by atoms with Crippen LogP contribution in [0.4, 0.5) is 10.5 Å². The van der Waals surface area contributed by atoms with Crippen molar-refractivity contribution in [1.82, 2.24) is 14.7 Å². The predicted molar refractivity (Wildman–Crippen MR) is 78.1 cm³/mol.